The molecule has 0 aromatic heterocycles. The van der Waals surface area contributed by atoms with Crippen LogP contribution in [0.15, 0.2) is 0 Å². The number of fused-ring (bicyclic) bond motifs is 2. The maximum Gasteiger partial charge on any atom is 0.331 e. The van der Waals surface area contributed by atoms with Crippen LogP contribution in [0.1, 0.15) is 33.6 Å². The summed E-state index contributed by atoms with van der Waals surface area (Å²) in [5.74, 6) is -2.71. The number of aliphatic carboxylic acids is 1. The molecule has 0 aromatic carbocycles. The summed E-state index contributed by atoms with van der Waals surface area (Å²) in [6.07, 6.45) is 0.535. The van der Waals surface area contributed by atoms with Crippen molar-refractivity contribution in [3.63, 3.8) is 0 Å². The average Bonchev–Trinajstić information content (AvgIpc) is 2.29. The van der Waals surface area contributed by atoms with E-state index in [0.717, 1.165) is 0 Å². The van der Waals surface area contributed by atoms with E-state index in [0.29, 0.717) is 6.42 Å². The van der Waals surface area contributed by atoms with Gasteiger partial charge in [0.2, 0.25) is 0 Å². The smallest absolute Gasteiger partial charge is 0.331 e. The molecule has 1 aliphatic heterocycles. The molecule has 2 unspecified atom stereocenters. The molecule has 2 fully saturated rings. The molecule has 2 bridgehead atoms. The summed E-state index contributed by atoms with van der Waals surface area (Å²) in [4.78, 5) is 34.9. The minimum absolute atomic E-state index is 0.163. The van der Waals surface area contributed by atoms with Crippen molar-refractivity contribution >= 4 is 17.9 Å². The van der Waals surface area contributed by atoms with Crippen LogP contribution < -0.4 is 0 Å². The van der Waals surface area contributed by atoms with Gasteiger partial charge in [-0.2, -0.15) is 0 Å². The van der Waals surface area contributed by atoms with E-state index in [9.17, 15) is 19.5 Å². The molecule has 2 aliphatic rings. The number of carbonyl (C=O) groups excluding carboxylic acids is 2. The van der Waals surface area contributed by atoms with Crippen molar-refractivity contribution in [1.29, 1.82) is 0 Å². The van der Waals surface area contributed by atoms with E-state index >= 15 is 0 Å². The highest BCUT2D eigenvalue weighted by Gasteiger charge is 2.75. The van der Waals surface area contributed by atoms with Gasteiger partial charge in [0.15, 0.2) is 5.41 Å². The van der Waals surface area contributed by atoms with Gasteiger partial charge in [-0.3, -0.25) is 14.4 Å². The highest BCUT2D eigenvalue weighted by atomic mass is 16.6. The Labute approximate surface area is 92.8 Å². The molecule has 1 heterocycles. The number of carbonyl (C=O) groups is 3. The zero-order valence-electron chi connectivity index (χ0n) is 9.49. The fourth-order valence-corrected chi connectivity index (χ4v) is 2.99. The predicted octanol–water partition coefficient (Wildman–Crippen LogP) is 0.967. The Bertz CT molecular complexity index is 411. The molecule has 1 saturated carbocycles. The minimum atomic E-state index is -1.57. The van der Waals surface area contributed by atoms with Crippen molar-refractivity contribution in [1.82, 2.24) is 0 Å². The molecular weight excluding hydrogens is 212 g/mol. The average molecular weight is 226 g/mol. The summed E-state index contributed by atoms with van der Waals surface area (Å²) in [7, 11) is 0. The zero-order valence-corrected chi connectivity index (χ0v) is 9.49. The van der Waals surface area contributed by atoms with E-state index in [1.807, 2.05) is 0 Å². The molecule has 0 aromatic rings. The van der Waals surface area contributed by atoms with Crippen LogP contribution in [-0.2, 0) is 19.1 Å². The Morgan fingerprint density at radius 3 is 2.25 bits per heavy atom. The molecule has 0 spiro atoms. The summed E-state index contributed by atoms with van der Waals surface area (Å²) in [6, 6.07) is 0. The standard InChI is InChI=1S/C11H14O5/c1-9(2)10(3)4-5-11(9,6(12)13)8(15)16-7(10)14/h4-5H2,1-3H3,(H,12,13). The van der Waals surface area contributed by atoms with Gasteiger partial charge in [0.05, 0.1) is 5.41 Å². The Morgan fingerprint density at radius 2 is 1.75 bits per heavy atom. The lowest BCUT2D eigenvalue weighted by molar-refractivity contribution is -0.201. The van der Waals surface area contributed by atoms with Crippen molar-refractivity contribution in [2.24, 2.45) is 16.2 Å². The number of cyclic esters (lactones) is 2. The summed E-state index contributed by atoms with van der Waals surface area (Å²) < 4.78 is 4.62. The van der Waals surface area contributed by atoms with Gasteiger partial charge in [0.25, 0.3) is 0 Å². The van der Waals surface area contributed by atoms with E-state index in [1.165, 1.54) is 0 Å². The van der Waals surface area contributed by atoms with Crippen LogP contribution in [-0.4, -0.2) is 23.0 Å². The first-order chi connectivity index (χ1) is 7.20. The SMILES string of the molecule is CC12CCC(C(=O)O)(C(=O)OC1=O)C2(C)C. The van der Waals surface area contributed by atoms with Gasteiger partial charge in [-0.25, -0.2) is 0 Å². The highest BCUT2D eigenvalue weighted by molar-refractivity contribution is 6.08. The van der Waals surface area contributed by atoms with Crippen LogP contribution in [0.25, 0.3) is 0 Å². The van der Waals surface area contributed by atoms with E-state index in [1.54, 1.807) is 20.8 Å². The van der Waals surface area contributed by atoms with Crippen molar-refractivity contribution in [3.05, 3.63) is 0 Å². The normalized spacial score (nSPS) is 40.7. The van der Waals surface area contributed by atoms with Crippen LogP contribution in [0.4, 0.5) is 0 Å². The van der Waals surface area contributed by atoms with Crippen LogP contribution in [0.3, 0.4) is 0 Å². The summed E-state index contributed by atoms with van der Waals surface area (Å²) in [6.45, 7) is 4.99. The molecule has 16 heavy (non-hydrogen) atoms. The molecule has 0 radical (unpaired) electrons. The van der Waals surface area contributed by atoms with Gasteiger partial charge in [0.1, 0.15) is 0 Å². The van der Waals surface area contributed by atoms with E-state index < -0.39 is 34.2 Å². The fourth-order valence-electron chi connectivity index (χ4n) is 2.99. The van der Waals surface area contributed by atoms with E-state index in [-0.39, 0.29) is 6.42 Å². The third kappa shape index (κ3) is 0.817. The van der Waals surface area contributed by atoms with Gasteiger partial charge in [-0.15, -0.1) is 0 Å². The zero-order chi connectivity index (χ0) is 12.4. The molecule has 88 valence electrons. The number of hydrogen-bond acceptors (Lipinski definition) is 4. The van der Waals surface area contributed by atoms with Gasteiger partial charge in [-0.05, 0) is 19.8 Å². The van der Waals surface area contributed by atoms with Crippen LogP contribution in [0, 0.1) is 16.2 Å². The molecule has 2 atom stereocenters. The number of esters is 2. The fraction of sp³-hybridized carbons (Fsp3) is 0.727. The van der Waals surface area contributed by atoms with Crippen molar-refractivity contribution in [2.75, 3.05) is 0 Å². The molecule has 2 rings (SSSR count). The third-order valence-electron chi connectivity index (χ3n) is 4.80. The lowest BCUT2D eigenvalue weighted by atomic mass is 9.57. The second-order valence-corrected chi connectivity index (χ2v) is 5.34. The minimum Gasteiger partial charge on any atom is -0.480 e. The number of hydrogen-bond donors (Lipinski definition) is 1. The number of carboxylic acid groups (broad SMARTS) is 1. The number of carboxylic acids is 1. The maximum absolute atomic E-state index is 11.8. The summed E-state index contributed by atoms with van der Waals surface area (Å²) in [5.41, 5.74) is -3.38. The van der Waals surface area contributed by atoms with E-state index in [4.69, 9.17) is 0 Å². The maximum atomic E-state index is 11.8. The molecule has 1 aliphatic carbocycles. The number of rotatable bonds is 1. The molecule has 1 N–H and O–H groups in total. The van der Waals surface area contributed by atoms with Gasteiger partial charge < -0.3 is 9.84 Å². The Balaban J connectivity index is 2.69. The first kappa shape index (κ1) is 11.1. The van der Waals surface area contributed by atoms with Gasteiger partial charge in [-0.1, -0.05) is 13.8 Å². The van der Waals surface area contributed by atoms with Crippen LogP contribution in [0.2, 0.25) is 0 Å². The quantitative estimate of drug-likeness (QED) is 0.532. The first-order valence-electron chi connectivity index (χ1n) is 5.20. The largest absolute Gasteiger partial charge is 0.480 e. The van der Waals surface area contributed by atoms with Gasteiger partial charge >= 0.3 is 17.9 Å². The predicted molar refractivity (Wildman–Crippen MR) is 52.3 cm³/mol. The van der Waals surface area contributed by atoms with Crippen molar-refractivity contribution < 1.29 is 24.2 Å². The molecule has 5 heteroatoms. The van der Waals surface area contributed by atoms with Crippen LogP contribution >= 0.6 is 0 Å². The molecule has 0 amide bonds. The highest BCUT2D eigenvalue weighted by Crippen LogP contribution is 2.66. The van der Waals surface area contributed by atoms with E-state index in [2.05, 4.69) is 4.74 Å². The van der Waals surface area contributed by atoms with Crippen LogP contribution in [0.5, 0.6) is 0 Å². The lowest BCUT2D eigenvalue weighted by Gasteiger charge is -2.46. The van der Waals surface area contributed by atoms with Gasteiger partial charge in [0, 0.05) is 5.41 Å². The topological polar surface area (TPSA) is 80.7 Å². The lowest BCUT2D eigenvalue weighted by Crippen LogP contribution is -2.59. The molecular formula is C11H14O5. The first-order valence-corrected chi connectivity index (χ1v) is 5.20. The summed E-state index contributed by atoms with van der Waals surface area (Å²) >= 11 is 0. The second-order valence-electron chi connectivity index (χ2n) is 5.34. The Hall–Kier alpha value is -1.39. The second kappa shape index (κ2) is 2.64. The number of ether oxygens (including phenoxy) is 1. The van der Waals surface area contributed by atoms with Crippen molar-refractivity contribution in [3.8, 4) is 0 Å². The molecule has 1 saturated heterocycles. The Morgan fingerprint density at radius 1 is 1.19 bits per heavy atom. The third-order valence-corrected chi connectivity index (χ3v) is 4.80. The van der Waals surface area contributed by atoms with Crippen molar-refractivity contribution in [2.45, 2.75) is 33.6 Å². The Kier molecular flexibility index (Phi) is 1.84. The monoisotopic (exact) mass is 226 g/mol. The molecule has 5 nitrogen and oxygen atoms in total. The summed E-state index contributed by atoms with van der Waals surface area (Å²) in [5, 5.41) is 9.31.